The van der Waals surface area contributed by atoms with Crippen LogP contribution in [0.3, 0.4) is 0 Å². The molecule has 0 saturated carbocycles. The van der Waals surface area contributed by atoms with Crippen molar-refractivity contribution < 1.29 is 4.79 Å². The van der Waals surface area contributed by atoms with E-state index in [9.17, 15) is 4.79 Å². The van der Waals surface area contributed by atoms with Crippen LogP contribution in [0.25, 0.3) is 21.8 Å². The van der Waals surface area contributed by atoms with E-state index in [0.29, 0.717) is 18.2 Å². The van der Waals surface area contributed by atoms with Gasteiger partial charge in [0.15, 0.2) is 11.3 Å². The highest BCUT2D eigenvalue weighted by Gasteiger charge is 2.53. The molecule has 2 saturated heterocycles. The number of hydrogen-bond acceptors (Lipinski definition) is 3. The number of aryl methyl sites for hydroxylation is 1. The summed E-state index contributed by atoms with van der Waals surface area (Å²) in [5.41, 5.74) is 3.38. The predicted molar refractivity (Wildman–Crippen MR) is 123 cm³/mol. The molecule has 3 heterocycles. The Hall–Kier alpha value is -3.13. The number of benzene rings is 2. The normalized spacial score (nSPS) is 21.5. The maximum atomic E-state index is 12.7. The summed E-state index contributed by atoms with van der Waals surface area (Å²) in [5.74, 6) is 0. The molecule has 2 aromatic carbocycles. The first kappa shape index (κ1) is 18.9. The van der Waals surface area contributed by atoms with E-state index in [1.54, 1.807) is 9.91 Å². The highest BCUT2D eigenvalue weighted by atomic mass is 32.1. The molecule has 1 N–H and O–H groups in total. The van der Waals surface area contributed by atoms with Gasteiger partial charge in [-0.3, -0.25) is 4.90 Å². The lowest BCUT2D eigenvalue weighted by Gasteiger charge is -2.25. The van der Waals surface area contributed by atoms with Crippen LogP contribution >= 0.6 is 12.2 Å². The van der Waals surface area contributed by atoms with Crippen molar-refractivity contribution >= 4 is 51.4 Å². The Balaban J connectivity index is 1.50. The van der Waals surface area contributed by atoms with Crippen molar-refractivity contribution in [1.82, 2.24) is 24.7 Å². The van der Waals surface area contributed by atoms with Gasteiger partial charge in [-0.05, 0) is 49.8 Å². The Morgan fingerprint density at radius 2 is 1.80 bits per heavy atom. The molecule has 5 rings (SSSR count). The number of nitrogens with one attached hydrogen (secondary N) is 1. The van der Waals surface area contributed by atoms with Crippen LogP contribution in [-0.4, -0.2) is 62.2 Å². The summed E-state index contributed by atoms with van der Waals surface area (Å²) in [6.45, 7) is 5.19. The van der Waals surface area contributed by atoms with E-state index >= 15 is 0 Å². The zero-order valence-corrected chi connectivity index (χ0v) is 18.1. The molecule has 0 spiro atoms. The summed E-state index contributed by atoms with van der Waals surface area (Å²) in [6.07, 6.45) is 1.42. The first-order chi connectivity index (χ1) is 14.5. The molecule has 2 aliphatic heterocycles. The largest absolute Gasteiger partial charge is 0.344 e. The molecule has 2 amide bonds. The third kappa shape index (κ3) is 2.60. The lowest BCUT2D eigenvalue weighted by molar-refractivity contribution is 0.157. The number of urea groups is 1. The molecule has 0 bridgehead atoms. The zero-order valence-electron chi connectivity index (χ0n) is 17.2. The fourth-order valence-corrected chi connectivity index (χ4v) is 4.91. The summed E-state index contributed by atoms with van der Waals surface area (Å²) >= 11 is 5.53. The van der Waals surface area contributed by atoms with Crippen LogP contribution in [0.2, 0.25) is 0 Å². The Kier molecular flexibility index (Phi) is 4.39. The van der Waals surface area contributed by atoms with E-state index < -0.39 is 0 Å². The Morgan fingerprint density at radius 3 is 2.57 bits per heavy atom. The van der Waals surface area contributed by atoms with Crippen molar-refractivity contribution in [3.05, 3.63) is 48.0 Å². The maximum absolute atomic E-state index is 12.7. The molecule has 0 radical (unpaired) electrons. The van der Waals surface area contributed by atoms with Gasteiger partial charge in [0, 0.05) is 41.9 Å². The number of fused-ring (bicyclic) bond motifs is 4. The van der Waals surface area contributed by atoms with Gasteiger partial charge in [-0.25, -0.2) is 9.80 Å². The van der Waals surface area contributed by atoms with Gasteiger partial charge in [-0.2, -0.15) is 5.10 Å². The average molecular weight is 421 g/mol. The van der Waals surface area contributed by atoms with Crippen molar-refractivity contribution in [1.29, 1.82) is 0 Å². The monoisotopic (exact) mass is 420 g/mol. The lowest BCUT2D eigenvalue weighted by atomic mass is 10.1. The van der Waals surface area contributed by atoms with Gasteiger partial charge >= 0.3 is 6.03 Å². The van der Waals surface area contributed by atoms with Crippen LogP contribution in [0.1, 0.15) is 19.4 Å². The molecule has 2 aliphatic rings. The highest BCUT2D eigenvalue weighted by molar-refractivity contribution is 7.80. The average Bonchev–Trinajstić information content (AvgIpc) is 3.32. The number of carbonyl (C=O) groups is 1. The van der Waals surface area contributed by atoms with E-state index in [4.69, 9.17) is 12.2 Å². The minimum Gasteiger partial charge on any atom is -0.344 e. The Bertz CT molecular complexity index is 1200. The van der Waals surface area contributed by atoms with Crippen molar-refractivity contribution in [3.63, 3.8) is 0 Å². The van der Waals surface area contributed by atoms with E-state index in [0.717, 1.165) is 5.56 Å². The number of likely N-dealkylation sites (N-methyl/N-ethyl adjacent to an activating group) is 2. The number of hydrazone groups is 1. The fraction of sp³-hybridized carbons (Fsp3) is 0.318. The molecule has 0 aliphatic carbocycles. The minimum atomic E-state index is -0.229. The van der Waals surface area contributed by atoms with Gasteiger partial charge in [0.1, 0.15) is 6.17 Å². The molecule has 1 aromatic heterocycles. The summed E-state index contributed by atoms with van der Waals surface area (Å²) in [4.78, 5) is 16.3. The molecular weight excluding hydrogens is 396 g/mol. The highest BCUT2D eigenvalue weighted by Crippen LogP contribution is 2.30. The van der Waals surface area contributed by atoms with Gasteiger partial charge in [0.05, 0.1) is 6.21 Å². The molecular formula is C22H24N6OS. The Morgan fingerprint density at radius 1 is 1.07 bits per heavy atom. The van der Waals surface area contributed by atoms with Crippen molar-refractivity contribution in [2.45, 2.75) is 26.2 Å². The number of amides is 2. The lowest BCUT2D eigenvalue weighted by Crippen LogP contribution is -2.43. The molecule has 154 valence electrons. The van der Waals surface area contributed by atoms with Crippen molar-refractivity contribution in [2.75, 3.05) is 13.1 Å². The third-order valence-corrected chi connectivity index (χ3v) is 6.41. The first-order valence-electron chi connectivity index (χ1n) is 10.2. The summed E-state index contributed by atoms with van der Waals surface area (Å²) in [5, 5.41) is 12.7. The summed E-state index contributed by atoms with van der Waals surface area (Å²) in [7, 11) is 2.09. The smallest absolute Gasteiger partial charge is 0.323 e. The quantitative estimate of drug-likeness (QED) is 0.520. The number of aromatic nitrogens is 1. The van der Waals surface area contributed by atoms with E-state index in [1.807, 2.05) is 25.0 Å². The van der Waals surface area contributed by atoms with Crippen molar-refractivity contribution in [2.24, 2.45) is 12.1 Å². The number of carbonyl (C=O) groups excluding carboxylic acids is 1. The maximum Gasteiger partial charge on any atom is 0.323 e. The number of para-hydroxylation sites is 1. The number of thiocarbonyl (C=S) groups is 1. The minimum absolute atomic E-state index is 0.0161. The third-order valence-electron chi connectivity index (χ3n) is 6.11. The van der Waals surface area contributed by atoms with Gasteiger partial charge in [0.25, 0.3) is 0 Å². The van der Waals surface area contributed by atoms with Gasteiger partial charge in [0.2, 0.25) is 0 Å². The van der Waals surface area contributed by atoms with E-state index in [1.165, 1.54) is 21.8 Å². The second-order valence-electron chi connectivity index (χ2n) is 7.60. The zero-order chi connectivity index (χ0) is 21.0. The number of hydrogen-bond donors (Lipinski definition) is 1. The van der Waals surface area contributed by atoms with Crippen LogP contribution in [0.5, 0.6) is 0 Å². The van der Waals surface area contributed by atoms with E-state index in [-0.39, 0.29) is 18.4 Å². The van der Waals surface area contributed by atoms with E-state index in [2.05, 4.69) is 64.5 Å². The predicted octanol–water partition coefficient (Wildman–Crippen LogP) is 3.29. The van der Waals surface area contributed by atoms with Gasteiger partial charge < -0.3 is 14.8 Å². The Labute approximate surface area is 180 Å². The van der Waals surface area contributed by atoms with Crippen LogP contribution in [0.15, 0.2) is 47.6 Å². The van der Waals surface area contributed by atoms with Crippen LogP contribution in [0.4, 0.5) is 4.79 Å². The first-order valence-corrected chi connectivity index (χ1v) is 10.6. The summed E-state index contributed by atoms with van der Waals surface area (Å²) in [6, 6.07) is 14.7. The number of rotatable bonds is 4. The van der Waals surface area contributed by atoms with Gasteiger partial charge in [-0.1, -0.05) is 24.3 Å². The van der Waals surface area contributed by atoms with Gasteiger partial charge in [-0.15, -0.1) is 0 Å². The summed E-state index contributed by atoms with van der Waals surface area (Å²) < 4.78 is 2.21. The molecule has 8 heteroatoms. The SMILES string of the molecule is CCN1C(=O)N(CC)C2C1NC(=S)N2/N=C/c1ccc2c(c1)c1ccccc1n2C. The topological polar surface area (TPSA) is 56.1 Å². The second kappa shape index (κ2) is 6.98. The molecule has 3 aromatic rings. The molecule has 30 heavy (non-hydrogen) atoms. The molecule has 7 nitrogen and oxygen atoms in total. The van der Waals surface area contributed by atoms with Crippen LogP contribution in [-0.2, 0) is 7.05 Å². The fourth-order valence-electron chi connectivity index (χ4n) is 4.63. The molecule has 2 atom stereocenters. The van der Waals surface area contributed by atoms with Crippen LogP contribution in [0, 0.1) is 0 Å². The molecule has 2 fully saturated rings. The second-order valence-corrected chi connectivity index (χ2v) is 7.99. The van der Waals surface area contributed by atoms with Crippen molar-refractivity contribution in [3.8, 4) is 0 Å². The number of nitrogens with zero attached hydrogens (tertiary/aromatic N) is 5. The van der Waals surface area contributed by atoms with Crippen LogP contribution < -0.4 is 5.32 Å². The standard InChI is InChI=1S/C22H24N6OS/c1-4-26-19-20(27(5-2)22(26)29)28(21(30)24-19)23-13-14-10-11-18-16(12-14)15-8-6-7-9-17(15)25(18)3/h6-13,19-20H,4-5H2,1-3H3,(H,24,30)/b23-13+. The molecule has 2 unspecified atom stereocenters.